The molecule has 4 aliphatic rings. The number of carbonyl (C=O) groups excluding carboxylic acids is 1. The number of benzene rings is 2. The number of fused-ring (bicyclic) bond motifs is 4. The van der Waals surface area contributed by atoms with Gasteiger partial charge in [0, 0.05) is 41.6 Å². The van der Waals surface area contributed by atoms with Crippen LogP contribution in [0.5, 0.6) is 5.75 Å². The van der Waals surface area contributed by atoms with Gasteiger partial charge in [-0.05, 0) is 91.8 Å². The average Bonchev–Trinajstić information content (AvgIpc) is 3.06. The molecule has 1 fully saturated rings. The van der Waals surface area contributed by atoms with Crippen LogP contribution in [0.2, 0.25) is 5.02 Å². The van der Waals surface area contributed by atoms with E-state index >= 15 is 0 Å². The van der Waals surface area contributed by atoms with Gasteiger partial charge in [0.2, 0.25) is 10.0 Å². The van der Waals surface area contributed by atoms with Crippen LogP contribution in [0.4, 0.5) is 5.69 Å². The Morgan fingerprint density at radius 1 is 1.17 bits per heavy atom. The summed E-state index contributed by atoms with van der Waals surface area (Å²) in [6.07, 6.45) is 7.93. The summed E-state index contributed by atoms with van der Waals surface area (Å²) in [5, 5.41) is 21.5. The van der Waals surface area contributed by atoms with Crippen molar-refractivity contribution in [2.75, 3.05) is 37.0 Å². The van der Waals surface area contributed by atoms with Crippen LogP contribution in [0.3, 0.4) is 0 Å². The van der Waals surface area contributed by atoms with Crippen LogP contribution in [0.25, 0.3) is 0 Å². The third-order valence-corrected chi connectivity index (χ3v) is 11.1. The number of aliphatic hydroxyl groups excluding tert-OH is 2. The average molecular weight is 601 g/mol. The highest BCUT2D eigenvalue weighted by Gasteiger charge is 2.44. The molecule has 1 amide bonds. The molecule has 10 heteroatoms. The molecule has 0 radical (unpaired) electrons. The van der Waals surface area contributed by atoms with Crippen LogP contribution in [0, 0.1) is 17.8 Å². The van der Waals surface area contributed by atoms with Crippen molar-refractivity contribution < 1.29 is 28.2 Å². The Balaban J connectivity index is 1.41. The van der Waals surface area contributed by atoms with Gasteiger partial charge in [-0.3, -0.25) is 4.79 Å². The van der Waals surface area contributed by atoms with Gasteiger partial charge >= 0.3 is 0 Å². The molecule has 5 atom stereocenters. The highest BCUT2D eigenvalue weighted by molar-refractivity contribution is 7.90. The van der Waals surface area contributed by atoms with E-state index < -0.39 is 33.7 Å². The number of nitrogens with zero attached hydrogens (tertiary/aromatic N) is 1. The predicted octanol–water partition coefficient (Wildman–Crippen LogP) is 3.83. The van der Waals surface area contributed by atoms with Crippen molar-refractivity contribution in [1.82, 2.24) is 4.72 Å². The maximum atomic E-state index is 13.2. The molecule has 2 aromatic carbocycles. The Kier molecular flexibility index (Phi) is 7.82. The number of hydrogen-bond acceptors (Lipinski definition) is 7. The van der Waals surface area contributed by atoms with E-state index in [1.807, 2.05) is 6.07 Å². The van der Waals surface area contributed by atoms with E-state index in [1.54, 1.807) is 30.4 Å². The minimum atomic E-state index is -4.00. The number of halogens is 1. The standard InChI is InChI=1S/C31H37ClN2O6S/c32-24-8-10-26-21(13-24)4-2-12-31(26)18-34-15-23-6-9-25(23)28(36)5-1-3-20(16-35)17-41(38,39)33-30(37)22-7-11-29(40-19-31)27(34)14-22/h1,5,7-8,10-11,13-14,20,23,25,28,35-36H,2-4,6,9,12,15-19H2,(H,33,37)/b5-1+/t20-,23-,25+,28-,31-/m0/s1. The summed E-state index contributed by atoms with van der Waals surface area (Å²) >= 11 is 6.36. The Hall–Kier alpha value is -2.59. The van der Waals surface area contributed by atoms with Crippen molar-refractivity contribution in [3.05, 3.63) is 70.3 Å². The first-order valence-corrected chi connectivity index (χ1v) is 16.5. The fourth-order valence-electron chi connectivity index (χ4n) is 7.11. The van der Waals surface area contributed by atoms with Crippen molar-refractivity contribution in [2.24, 2.45) is 17.8 Å². The smallest absolute Gasteiger partial charge is 0.264 e. The highest BCUT2D eigenvalue weighted by Crippen LogP contribution is 2.46. The van der Waals surface area contributed by atoms with E-state index in [1.165, 1.54) is 11.1 Å². The van der Waals surface area contributed by atoms with Gasteiger partial charge < -0.3 is 19.8 Å². The Bertz CT molecular complexity index is 1460. The minimum Gasteiger partial charge on any atom is -0.490 e. The summed E-state index contributed by atoms with van der Waals surface area (Å²) in [4.78, 5) is 15.5. The number of hydrogen-bond donors (Lipinski definition) is 3. The van der Waals surface area contributed by atoms with Gasteiger partial charge in [0.15, 0.2) is 0 Å². The SMILES string of the molecule is O=C1NS(=O)(=O)C[C@H](CO)C/C=C/[C@H](O)[C@@H]2CC[C@H]2CN2C[C@@]3(CCCc4cc(Cl)ccc43)COc3ccc1cc32. The lowest BCUT2D eigenvalue weighted by molar-refractivity contribution is 0.0455. The van der Waals surface area contributed by atoms with E-state index in [0.717, 1.165) is 42.8 Å². The van der Waals surface area contributed by atoms with E-state index in [4.69, 9.17) is 16.3 Å². The van der Waals surface area contributed by atoms with E-state index in [9.17, 15) is 23.4 Å². The van der Waals surface area contributed by atoms with Crippen LogP contribution in [0.15, 0.2) is 48.6 Å². The molecule has 41 heavy (non-hydrogen) atoms. The maximum absolute atomic E-state index is 13.2. The molecule has 3 N–H and O–H groups in total. The predicted molar refractivity (Wildman–Crippen MR) is 158 cm³/mol. The first-order valence-electron chi connectivity index (χ1n) is 14.5. The molecule has 0 unspecified atom stereocenters. The molecule has 2 bridgehead atoms. The van der Waals surface area contributed by atoms with Gasteiger partial charge in [-0.25, -0.2) is 13.1 Å². The maximum Gasteiger partial charge on any atom is 0.264 e. The van der Waals surface area contributed by atoms with Crippen LogP contribution in [0.1, 0.15) is 53.6 Å². The van der Waals surface area contributed by atoms with Gasteiger partial charge in [0.25, 0.3) is 5.91 Å². The van der Waals surface area contributed by atoms with Crippen LogP contribution < -0.4 is 14.4 Å². The summed E-state index contributed by atoms with van der Waals surface area (Å²) < 4.78 is 34.4. The lowest BCUT2D eigenvalue weighted by Crippen LogP contribution is -2.49. The third-order valence-electron chi connectivity index (χ3n) is 9.43. The first-order chi connectivity index (χ1) is 19.7. The number of carbonyl (C=O) groups is 1. The molecule has 0 aromatic heterocycles. The van der Waals surface area contributed by atoms with Crippen molar-refractivity contribution >= 4 is 33.2 Å². The second-order valence-corrected chi connectivity index (χ2v) is 14.4. The van der Waals surface area contributed by atoms with Crippen molar-refractivity contribution in [3.8, 4) is 5.75 Å². The van der Waals surface area contributed by atoms with Gasteiger partial charge in [0.1, 0.15) is 5.75 Å². The molecular weight excluding hydrogens is 564 g/mol. The number of anilines is 1. The monoisotopic (exact) mass is 600 g/mol. The van der Waals surface area contributed by atoms with Crippen LogP contribution >= 0.6 is 11.6 Å². The number of aryl methyl sites for hydroxylation is 1. The number of nitrogens with one attached hydrogen (secondary N) is 1. The number of amides is 1. The van der Waals surface area contributed by atoms with Crippen LogP contribution in [-0.2, 0) is 21.9 Å². The molecule has 0 saturated heterocycles. The molecule has 1 saturated carbocycles. The molecule has 1 spiro atoms. The van der Waals surface area contributed by atoms with Crippen LogP contribution in [-0.4, -0.2) is 62.7 Å². The van der Waals surface area contributed by atoms with E-state index in [-0.39, 0.29) is 35.8 Å². The van der Waals surface area contributed by atoms with E-state index in [2.05, 4.69) is 21.8 Å². The molecular formula is C31H37ClN2O6S. The molecule has 2 aliphatic heterocycles. The number of ether oxygens (including phenoxy) is 1. The van der Waals surface area contributed by atoms with Gasteiger partial charge in [0.05, 0.1) is 24.2 Å². The second kappa shape index (κ2) is 11.2. The summed E-state index contributed by atoms with van der Waals surface area (Å²) in [6.45, 7) is 1.49. The fourth-order valence-corrected chi connectivity index (χ4v) is 8.65. The number of allylic oxidation sites excluding steroid dienone is 1. The van der Waals surface area contributed by atoms with E-state index in [0.29, 0.717) is 25.4 Å². The lowest BCUT2D eigenvalue weighted by Gasteiger charge is -2.45. The molecule has 8 nitrogen and oxygen atoms in total. The number of sulfonamides is 1. The summed E-state index contributed by atoms with van der Waals surface area (Å²) in [5.41, 5.74) is 3.18. The Labute approximate surface area is 246 Å². The Morgan fingerprint density at radius 2 is 2.02 bits per heavy atom. The van der Waals surface area contributed by atoms with Gasteiger partial charge in [-0.1, -0.05) is 29.8 Å². The topological polar surface area (TPSA) is 116 Å². The molecule has 2 aliphatic carbocycles. The largest absolute Gasteiger partial charge is 0.490 e. The fraction of sp³-hybridized carbons (Fsp3) is 0.516. The quantitative estimate of drug-likeness (QED) is 0.426. The number of aliphatic hydroxyl groups is 2. The zero-order valence-corrected chi connectivity index (χ0v) is 24.5. The Morgan fingerprint density at radius 3 is 2.80 bits per heavy atom. The third kappa shape index (κ3) is 5.74. The first kappa shape index (κ1) is 28.5. The molecule has 2 aromatic rings. The highest BCUT2D eigenvalue weighted by atomic mass is 35.5. The molecule has 2 heterocycles. The van der Waals surface area contributed by atoms with Gasteiger partial charge in [-0.2, -0.15) is 0 Å². The van der Waals surface area contributed by atoms with Crippen molar-refractivity contribution in [1.29, 1.82) is 0 Å². The number of rotatable bonds is 1. The molecule has 6 rings (SSSR count). The molecule has 220 valence electrons. The van der Waals surface area contributed by atoms with Gasteiger partial charge in [-0.15, -0.1) is 0 Å². The van der Waals surface area contributed by atoms with Crippen molar-refractivity contribution in [3.63, 3.8) is 0 Å². The zero-order chi connectivity index (χ0) is 28.8. The summed E-state index contributed by atoms with van der Waals surface area (Å²) in [7, 11) is -4.00. The normalized spacial score (nSPS) is 32.0. The minimum absolute atomic E-state index is 0.0722. The summed E-state index contributed by atoms with van der Waals surface area (Å²) in [5.74, 6) is -0.725. The summed E-state index contributed by atoms with van der Waals surface area (Å²) in [6, 6.07) is 11.2. The zero-order valence-electron chi connectivity index (χ0n) is 23.0. The second-order valence-electron chi connectivity index (χ2n) is 12.2. The lowest BCUT2D eigenvalue weighted by atomic mass is 9.68. The van der Waals surface area contributed by atoms with Crippen molar-refractivity contribution in [2.45, 2.75) is 50.0 Å².